The zero-order valence-corrected chi connectivity index (χ0v) is 5.90. The molecule has 4 unspecified atom stereocenters. The first-order valence-electron chi connectivity index (χ1n) is 2.93. The normalized spacial score (nSPS) is 49.2. The summed E-state index contributed by atoms with van der Waals surface area (Å²) in [5, 5.41) is 25.8. The van der Waals surface area contributed by atoms with E-state index in [0.717, 1.165) is 0 Å². The van der Waals surface area contributed by atoms with E-state index in [2.05, 4.69) is 4.74 Å². The van der Waals surface area contributed by atoms with Crippen molar-refractivity contribution in [1.82, 2.24) is 0 Å². The van der Waals surface area contributed by atoms with Crippen LogP contribution in [0.3, 0.4) is 0 Å². The summed E-state index contributed by atoms with van der Waals surface area (Å²) >= 11 is 5.43. The van der Waals surface area contributed by atoms with Crippen molar-refractivity contribution in [3.05, 3.63) is 0 Å². The number of hydrogen-bond donors (Lipinski definition) is 3. The van der Waals surface area contributed by atoms with Gasteiger partial charge in [0.05, 0.1) is 6.61 Å². The van der Waals surface area contributed by atoms with Crippen molar-refractivity contribution < 1.29 is 20.1 Å². The van der Waals surface area contributed by atoms with Gasteiger partial charge >= 0.3 is 0 Å². The van der Waals surface area contributed by atoms with Gasteiger partial charge in [0.2, 0.25) is 0 Å². The van der Waals surface area contributed by atoms with Gasteiger partial charge in [-0.15, -0.1) is 11.6 Å². The molecule has 0 aromatic carbocycles. The standard InChI is InChI=1S/C5H9ClO4/c6-3-4(8)2(7)1-10-5(3)9/h2-5,7-9H,1H2. The summed E-state index contributed by atoms with van der Waals surface area (Å²) in [7, 11) is 0. The zero-order chi connectivity index (χ0) is 7.72. The van der Waals surface area contributed by atoms with Crippen molar-refractivity contribution in [2.75, 3.05) is 6.61 Å². The van der Waals surface area contributed by atoms with Crippen LogP contribution in [0.15, 0.2) is 0 Å². The highest BCUT2D eigenvalue weighted by molar-refractivity contribution is 6.21. The van der Waals surface area contributed by atoms with Gasteiger partial charge in [-0.1, -0.05) is 0 Å². The Morgan fingerprint density at radius 1 is 1.30 bits per heavy atom. The summed E-state index contributed by atoms with van der Waals surface area (Å²) in [6, 6.07) is 0. The van der Waals surface area contributed by atoms with Gasteiger partial charge in [-0.25, -0.2) is 0 Å². The molecule has 1 heterocycles. The van der Waals surface area contributed by atoms with Gasteiger partial charge in [-0.05, 0) is 0 Å². The first kappa shape index (κ1) is 8.23. The third kappa shape index (κ3) is 1.41. The van der Waals surface area contributed by atoms with E-state index in [1.165, 1.54) is 0 Å². The van der Waals surface area contributed by atoms with E-state index in [4.69, 9.17) is 26.9 Å². The molecule has 3 N–H and O–H groups in total. The quantitative estimate of drug-likeness (QED) is 0.392. The molecule has 1 rings (SSSR count). The van der Waals surface area contributed by atoms with Crippen molar-refractivity contribution in [1.29, 1.82) is 0 Å². The second-order valence-electron chi connectivity index (χ2n) is 2.23. The fourth-order valence-corrected chi connectivity index (χ4v) is 1.01. The number of aliphatic hydroxyl groups excluding tert-OH is 3. The van der Waals surface area contributed by atoms with Crippen LogP contribution in [0.5, 0.6) is 0 Å². The molecule has 10 heavy (non-hydrogen) atoms. The number of aliphatic hydroxyl groups is 3. The third-order valence-electron chi connectivity index (χ3n) is 1.43. The Morgan fingerprint density at radius 2 is 1.90 bits per heavy atom. The summed E-state index contributed by atoms with van der Waals surface area (Å²) < 4.78 is 4.59. The maximum atomic E-state index is 8.99. The Hall–Kier alpha value is 0.130. The molecular formula is C5H9ClO4. The number of rotatable bonds is 0. The first-order chi connectivity index (χ1) is 4.63. The molecular weight excluding hydrogens is 160 g/mol. The molecule has 0 bridgehead atoms. The molecule has 1 aliphatic heterocycles. The van der Waals surface area contributed by atoms with Crippen molar-refractivity contribution >= 4 is 11.6 Å². The summed E-state index contributed by atoms with van der Waals surface area (Å²) in [5.41, 5.74) is 0. The predicted octanol–water partition coefficient (Wildman–Crippen LogP) is -1.34. The molecule has 0 aliphatic carbocycles. The van der Waals surface area contributed by atoms with E-state index in [9.17, 15) is 0 Å². The second kappa shape index (κ2) is 3.02. The largest absolute Gasteiger partial charge is 0.389 e. The van der Waals surface area contributed by atoms with E-state index < -0.39 is 23.9 Å². The van der Waals surface area contributed by atoms with Crippen LogP contribution in [0.2, 0.25) is 0 Å². The van der Waals surface area contributed by atoms with E-state index >= 15 is 0 Å². The highest BCUT2D eigenvalue weighted by Gasteiger charge is 2.36. The maximum absolute atomic E-state index is 8.99. The third-order valence-corrected chi connectivity index (χ3v) is 1.90. The Labute approximate surface area is 63.0 Å². The topological polar surface area (TPSA) is 69.9 Å². The van der Waals surface area contributed by atoms with Crippen molar-refractivity contribution in [3.63, 3.8) is 0 Å². The highest BCUT2D eigenvalue weighted by Crippen LogP contribution is 2.18. The first-order valence-corrected chi connectivity index (χ1v) is 3.36. The van der Waals surface area contributed by atoms with Crippen molar-refractivity contribution in [2.45, 2.75) is 23.9 Å². The lowest BCUT2D eigenvalue weighted by atomic mass is 10.1. The Morgan fingerprint density at radius 3 is 2.40 bits per heavy atom. The van der Waals surface area contributed by atoms with E-state index in [0.29, 0.717) is 0 Å². The molecule has 0 radical (unpaired) electrons. The maximum Gasteiger partial charge on any atom is 0.173 e. The number of hydrogen-bond acceptors (Lipinski definition) is 4. The number of alkyl halides is 1. The minimum Gasteiger partial charge on any atom is -0.389 e. The average Bonchev–Trinajstić information content (AvgIpc) is 1.93. The summed E-state index contributed by atoms with van der Waals surface area (Å²) in [4.78, 5) is 0. The Kier molecular flexibility index (Phi) is 2.49. The highest BCUT2D eigenvalue weighted by atomic mass is 35.5. The summed E-state index contributed by atoms with van der Waals surface area (Å²) in [5.74, 6) is 0. The van der Waals surface area contributed by atoms with Crippen LogP contribution in [0.1, 0.15) is 0 Å². The summed E-state index contributed by atoms with van der Waals surface area (Å²) in [6.45, 7) is -0.0778. The second-order valence-corrected chi connectivity index (χ2v) is 2.73. The fraction of sp³-hybridized carbons (Fsp3) is 1.00. The van der Waals surface area contributed by atoms with Crippen LogP contribution in [-0.2, 0) is 4.74 Å². The number of halogens is 1. The molecule has 0 saturated carbocycles. The zero-order valence-electron chi connectivity index (χ0n) is 5.14. The minimum absolute atomic E-state index is 0.0778. The lowest BCUT2D eigenvalue weighted by Crippen LogP contribution is -2.50. The van der Waals surface area contributed by atoms with E-state index in [1.54, 1.807) is 0 Å². The van der Waals surface area contributed by atoms with Crippen LogP contribution in [0.4, 0.5) is 0 Å². The van der Waals surface area contributed by atoms with Crippen LogP contribution in [0, 0.1) is 0 Å². The molecule has 1 aliphatic rings. The van der Waals surface area contributed by atoms with E-state index in [1.807, 2.05) is 0 Å². The SMILES string of the molecule is OC1COC(O)C(Cl)C1O. The average molecular weight is 169 g/mol. The molecule has 0 aromatic heterocycles. The van der Waals surface area contributed by atoms with Gasteiger partial charge in [0.25, 0.3) is 0 Å². The molecule has 1 saturated heterocycles. The lowest BCUT2D eigenvalue weighted by Gasteiger charge is -2.31. The van der Waals surface area contributed by atoms with Gasteiger partial charge in [0.15, 0.2) is 6.29 Å². The van der Waals surface area contributed by atoms with Crippen LogP contribution < -0.4 is 0 Å². The minimum atomic E-state index is -1.18. The van der Waals surface area contributed by atoms with Crippen molar-refractivity contribution in [3.8, 4) is 0 Å². The summed E-state index contributed by atoms with van der Waals surface area (Å²) in [6.07, 6.45) is -3.28. The molecule has 5 heteroatoms. The van der Waals surface area contributed by atoms with Gasteiger partial charge in [-0.2, -0.15) is 0 Å². The smallest absolute Gasteiger partial charge is 0.173 e. The lowest BCUT2D eigenvalue weighted by molar-refractivity contribution is -0.190. The molecule has 4 atom stereocenters. The fourth-order valence-electron chi connectivity index (χ4n) is 0.769. The number of ether oxygens (including phenoxy) is 1. The van der Waals surface area contributed by atoms with E-state index in [-0.39, 0.29) is 6.61 Å². The molecule has 1 fully saturated rings. The molecule has 0 aromatic rings. The molecule has 60 valence electrons. The van der Waals surface area contributed by atoms with Gasteiger partial charge in [0.1, 0.15) is 17.6 Å². The van der Waals surface area contributed by atoms with Crippen LogP contribution >= 0.6 is 11.6 Å². The molecule has 0 amide bonds. The van der Waals surface area contributed by atoms with Crippen LogP contribution in [0.25, 0.3) is 0 Å². The molecule has 4 nitrogen and oxygen atoms in total. The van der Waals surface area contributed by atoms with Gasteiger partial charge in [0, 0.05) is 0 Å². The Bertz CT molecular complexity index is 106. The van der Waals surface area contributed by atoms with Gasteiger partial charge < -0.3 is 20.1 Å². The van der Waals surface area contributed by atoms with Crippen LogP contribution in [-0.4, -0.2) is 45.8 Å². The molecule has 0 spiro atoms. The predicted molar refractivity (Wildman–Crippen MR) is 33.6 cm³/mol. The monoisotopic (exact) mass is 168 g/mol. The van der Waals surface area contributed by atoms with Crippen molar-refractivity contribution in [2.24, 2.45) is 0 Å². The van der Waals surface area contributed by atoms with Gasteiger partial charge in [-0.3, -0.25) is 0 Å². The Balaban J connectivity index is 2.52.